The number of aromatic nitrogens is 4. The molecule has 0 saturated carbocycles. The van der Waals surface area contributed by atoms with Crippen molar-refractivity contribution in [2.45, 2.75) is 49.2 Å². The van der Waals surface area contributed by atoms with Crippen LogP contribution in [0.4, 0.5) is 20.2 Å². The van der Waals surface area contributed by atoms with Gasteiger partial charge in [0.25, 0.3) is 0 Å². The summed E-state index contributed by atoms with van der Waals surface area (Å²) in [4.78, 5) is 37.9. The van der Waals surface area contributed by atoms with Crippen LogP contribution in [-0.2, 0) is 89.1 Å². The van der Waals surface area contributed by atoms with Gasteiger partial charge in [0.15, 0.2) is 24.8 Å². The van der Waals surface area contributed by atoms with Gasteiger partial charge in [-0.2, -0.15) is 60.9 Å². The second-order valence-electron chi connectivity index (χ2n) is 10.8. The van der Waals surface area contributed by atoms with E-state index >= 15 is 0 Å². The van der Waals surface area contributed by atoms with E-state index in [0.29, 0.717) is 11.4 Å². The topological polar surface area (TPSA) is 167 Å². The van der Waals surface area contributed by atoms with Crippen molar-refractivity contribution in [3.05, 3.63) is 117 Å². The third-order valence-corrected chi connectivity index (χ3v) is 7.49. The van der Waals surface area contributed by atoms with E-state index < -0.39 is 60.6 Å². The standard InChI is InChI=1S/C17H18FN3O4.C16H16FN3O4.2Y/c1-23-10-12-15(24-2)14(18)16(25-12)21-9-8-13(20-17(21)22)19-11-6-4-3-5-7-11;1-23-9-11-14(21)13(17)15(24-11)20-8-7-12(19-16(20)22)18-10-5-3-2-4-6-10;;/h3-6,9,12,14-16H,10H2,1-2H3,(H,19,20,22);2-5,8,11,13-15,21H,9H2,1H3,(H,18,19,22);;/q2*-2;;/t12-,14?,15+,16-;11-,13?,14+,15-;;/m11../s1. The Balaban J connectivity index is 0.000000265. The predicted octanol–water partition coefficient (Wildman–Crippen LogP) is 1.15. The molecule has 14 nitrogen and oxygen atoms in total. The predicted molar refractivity (Wildman–Crippen MR) is 167 cm³/mol. The van der Waals surface area contributed by atoms with Gasteiger partial charge in [-0.1, -0.05) is 11.4 Å². The number of alkyl halides is 2. The maximum absolute atomic E-state index is 14.6. The normalized spacial score (nSPS) is 26.2. The van der Waals surface area contributed by atoms with E-state index in [4.69, 9.17) is 23.7 Å². The Hall–Kier alpha value is -2.37. The minimum atomic E-state index is -1.75. The minimum absolute atomic E-state index is 0. The molecule has 6 rings (SSSR count). The van der Waals surface area contributed by atoms with Crippen molar-refractivity contribution >= 4 is 11.4 Å². The quantitative estimate of drug-likeness (QED) is 0.211. The van der Waals surface area contributed by atoms with Crippen molar-refractivity contribution < 1.29 is 103 Å². The zero-order chi connectivity index (χ0) is 34.9. The maximum atomic E-state index is 14.6. The van der Waals surface area contributed by atoms with Crippen molar-refractivity contribution in [2.75, 3.05) is 34.5 Å². The van der Waals surface area contributed by atoms with Crippen LogP contribution in [0.2, 0.25) is 0 Å². The summed E-state index contributed by atoms with van der Waals surface area (Å²) in [5, 5.41) is 9.82. The molecule has 2 radical (unpaired) electrons. The van der Waals surface area contributed by atoms with Gasteiger partial charge < -0.3 is 60.0 Å². The van der Waals surface area contributed by atoms with Gasteiger partial charge in [0.05, 0.1) is 13.2 Å². The third kappa shape index (κ3) is 10.8. The fraction of sp³-hybridized carbons (Fsp3) is 0.394. The van der Waals surface area contributed by atoms with Crippen LogP contribution in [0.1, 0.15) is 12.5 Å². The third-order valence-electron chi connectivity index (χ3n) is 7.49. The average Bonchev–Trinajstić information content (AvgIpc) is 3.56. The molecule has 4 heterocycles. The Kier molecular flexibility index (Phi) is 17.5. The number of hydrogen-bond acceptors (Lipinski definition) is 10. The van der Waals surface area contributed by atoms with Gasteiger partial charge in [-0.15, -0.1) is 12.1 Å². The molecule has 8 atom stereocenters. The summed E-state index contributed by atoms with van der Waals surface area (Å²) in [6.45, 7) is 0.187. The molecule has 2 fully saturated rings. The number of aromatic amines is 2. The maximum Gasteiger partial charge on any atom is 0.324 e. The molecule has 2 aliphatic rings. The summed E-state index contributed by atoms with van der Waals surface area (Å²) in [5.41, 5.74) is 0.288. The van der Waals surface area contributed by atoms with Crippen molar-refractivity contribution in [3.63, 3.8) is 0 Å². The molecule has 4 aromatic rings. The van der Waals surface area contributed by atoms with Crippen LogP contribution < -0.4 is 22.4 Å². The number of hydrogen-bond donors (Lipinski definition) is 3. The van der Waals surface area contributed by atoms with Crippen LogP contribution >= 0.6 is 0 Å². The summed E-state index contributed by atoms with van der Waals surface area (Å²) in [5.74, 6) is 0. The number of ether oxygens (including phenoxy) is 5. The number of rotatable bonds is 9. The minimum Gasteiger partial charge on any atom is -0.410 e. The Morgan fingerprint density at radius 3 is 1.67 bits per heavy atom. The molecule has 2 aromatic carbocycles. The zero-order valence-electron chi connectivity index (χ0n) is 27.8. The van der Waals surface area contributed by atoms with Gasteiger partial charge in [0, 0.05) is 86.7 Å². The average molecular weight is 858 g/mol. The van der Waals surface area contributed by atoms with E-state index in [1.165, 1.54) is 33.7 Å². The van der Waals surface area contributed by atoms with Gasteiger partial charge in [-0.3, -0.25) is 9.98 Å². The van der Waals surface area contributed by atoms with Gasteiger partial charge in [0.2, 0.25) is 0 Å². The number of halogens is 2. The van der Waals surface area contributed by atoms with Crippen molar-refractivity contribution in [2.24, 2.45) is 9.98 Å². The number of aliphatic hydroxyl groups is 1. The molecule has 18 heteroatoms. The van der Waals surface area contributed by atoms with E-state index in [9.17, 15) is 23.5 Å². The largest absolute Gasteiger partial charge is 0.410 e. The molecule has 2 aromatic heterocycles. The molecule has 2 unspecified atom stereocenters. The van der Waals surface area contributed by atoms with Crippen molar-refractivity contribution in [1.82, 2.24) is 19.1 Å². The number of para-hydroxylation sites is 2. The fourth-order valence-corrected chi connectivity index (χ4v) is 5.16. The van der Waals surface area contributed by atoms with Crippen LogP contribution in [0, 0.1) is 24.3 Å². The first-order valence-corrected chi connectivity index (χ1v) is 15.0. The Morgan fingerprint density at radius 1 is 0.765 bits per heavy atom. The molecule has 2 aliphatic heterocycles. The van der Waals surface area contributed by atoms with Gasteiger partial charge >= 0.3 is 11.4 Å². The molecule has 268 valence electrons. The number of aliphatic hydroxyl groups excluding tert-OH is 1. The molecule has 0 amide bonds. The molecule has 0 aliphatic carbocycles. The number of nitrogens with zero attached hydrogens (tertiary/aromatic N) is 4. The SMILES string of the molecule is COC[C@H]1O[C@@H](n2c[c-]c(=Nc3[c-]cccc3)[nH]c2=O)C(F)[C@H]1O.COC[C@H]1O[C@@H](n2c[c-]c(=Nc3[c-]cccc3)[nH]c2=O)C(F)[C@H]1OC.[Y].[Y]. The monoisotopic (exact) mass is 858 g/mol. The fourth-order valence-electron chi connectivity index (χ4n) is 5.16. The summed E-state index contributed by atoms with van der Waals surface area (Å²) in [6, 6.07) is 25.4. The summed E-state index contributed by atoms with van der Waals surface area (Å²) >= 11 is 0. The van der Waals surface area contributed by atoms with Gasteiger partial charge in [-0.25, -0.2) is 18.4 Å². The molecule has 0 spiro atoms. The number of H-pyrrole nitrogens is 2. The summed E-state index contributed by atoms with van der Waals surface area (Å²) in [7, 11) is 4.30. The second-order valence-corrected chi connectivity index (χ2v) is 10.8. The van der Waals surface area contributed by atoms with E-state index in [2.05, 4.69) is 44.2 Å². The first-order chi connectivity index (χ1) is 23.7. The first-order valence-electron chi connectivity index (χ1n) is 15.0. The zero-order valence-corrected chi connectivity index (χ0v) is 33.5. The van der Waals surface area contributed by atoms with Crippen LogP contribution in [0.3, 0.4) is 0 Å². The van der Waals surface area contributed by atoms with E-state index in [-0.39, 0.29) is 89.6 Å². The Labute approximate surface area is 341 Å². The van der Waals surface area contributed by atoms with Crippen LogP contribution in [0.5, 0.6) is 0 Å². The van der Waals surface area contributed by atoms with Crippen molar-refractivity contribution in [3.8, 4) is 0 Å². The second kappa shape index (κ2) is 20.8. The van der Waals surface area contributed by atoms with Crippen molar-refractivity contribution in [1.29, 1.82) is 0 Å². The molecule has 0 bridgehead atoms. The molecular weight excluding hydrogens is 824 g/mol. The van der Waals surface area contributed by atoms with E-state index in [1.807, 2.05) is 6.07 Å². The molecule has 51 heavy (non-hydrogen) atoms. The number of methoxy groups -OCH3 is 3. The molecule has 3 N–H and O–H groups in total. The summed E-state index contributed by atoms with van der Waals surface area (Å²) < 4.78 is 57.0. The molecule has 2 saturated heterocycles. The van der Waals surface area contributed by atoms with E-state index in [0.717, 1.165) is 9.13 Å². The number of nitrogens with one attached hydrogen (secondary N) is 2. The Morgan fingerprint density at radius 2 is 1.24 bits per heavy atom. The summed E-state index contributed by atoms with van der Waals surface area (Å²) in [6.07, 6.45) is -6.72. The van der Waals surface area contributed by atoms with Gasteiger partial charge in [-0.05, 0) is 11.0 Å². The smallest absolute Gasteiger partial charge is 0.324 e. The van der Waals surface area contributed by atoms with Crippen LogP contribution in [-0.4, -0.2) is 95.5 Å². The van der Waals surface area contributed by atoms with E-state index in [1.54, 1.807) is 42.5 Å². The van der Waals surface area contributed by atoms with Crippen LogP contribution in [0.25, 0.3) is 0 Å². The Bertz CT molecular complexity index is 1910. The molecular formula is C33H34F2N6O8Y2-4. The van der Waals surface area contributed by atoms with Gasteiger partial charge in [0.1, 0.15) is 24.4 Å². The van der Waals surface area contributed by atoms with Crippen LogP contribution in [0.15, 0.2) is 80.5 Å². The first kappa shape index (κ1) is 43.0. The number of benzene rings is 2.